The predicted octanol–water partition coefficient (Wildman–Crippen LogP) is 3.36. The van der Waals surface area contributed by atoms with Crippen LogP contribution in [0.1, 0.15) is 21.5 Å². The van der Waals surface area contributed by atoms with Crippen molar-refractivity contribution in [1.29, 1.82) is 0 Å². The van der Waals surface area contributed by atoms with Gasteiger partial charge in [0.25, 0.3) is 5.91 Å². The number of hydrogen-bond acceptors (Lipinski definition) is 2. The molecule has 0 unspecified atom stereocenters. The zero-order valence-electron chi connectivity index (χ0n) is 11.8. The third-order valence-electron chi connectivity index (χ3n) is 3.91. The monoisotopic (exact) mass is 379 g/mol. The second-order valence-corrected chi connectivity index (χ2v) is 6.98. The molecule has 0 radical (unpaired) electrons. The average Bonchev–Trinajstić information content (AvgIpc) is 2.84. The second kappa shape index (κ2) is 6.03. The number of carbonyl (C=O) groups is 1. The quantitative estimate of drug-likeness (QED) is 0.858. The molecular weight excluding hydrogens is 366 g/mol. The van der Waals surface area contributed by atoms with Crippen LogP contribution >= 0.6 is 27.5 Å². The Labute approximate surface area is 142 Å². The van der Waals surface area contributed by atoms with E-state index >= 15 is 0 Å². The molecule has 114 valence electrons. The van der Waals surface area contributed by atoms with Gasteiger partial charge in [0.05, 0.1) is 16.2 Å². The van der Waals surface area contributed by atoms with Gasteiger partial charge >= 0.3 is 0 Å². The molecule has 3 nitrogen and oxygen atoms in total. The van der Waals surface area contributed by atoms with E-state index in [2.05, 4.69) is 21.2 Å². The fourth-order valence-corrected chi connectivity index (χ4v) is 3.37. The molecule has 1 aliphatic carbocycles. The van der Waals surface area contributed by atoms with Crippen molar-refractivity contribution in [2.24, 2.45) is 0 Å². The molecule has 0 saturated heterocycles. The highest BCUT2D eigenvalue weighted by Gasteiger charge is 2.35. The predicted molar refractivity (Wildman–Crippen MR) is 90.3 cm³/mol. The normalized spacial score (nSPS) is 15.4. The van der Waals surface area contributed by atoms with Crippen LogP contribution in [0.2, 0.25) is 5.02 Å². The van der Waals surface area contributed by atoms with Gasteiger partial charge in [-0.1, -0.05) is 51.8 Å². The molecule has 0 atom stereocenters. The molecule has 0 saturated carbocycles. The number of rotatable bonds is 3. The lowest BCUT2D eigenvalue weighted by molar-refractivity contribution is 0.0480. The number of aliphatic hydroxyl groups is 1. The number of fused-ring (bicyclic) bond motifs is 1. The van der Waals surface area contributed by atoms with Crippen LogP contribution in [0, 0.1) is 0 Å². The minimum absolute atomic E-state index is 0.198. The SMILES string of the molecule is O=C(NCC1(O)Cc2ccccc2C1)c1cc(Br)ccc1Cl. The van der Waals surface area contributed by atoms with Crippen LogP contribution in [0.5, 0.6) is 0 Å². The molecule has 1 amide bonds. The first-order valence-electron chi connectivity index (χ1n) is 6.99. The standard InChI is InChI=1S/C17H15BrClNO2/c18-13-5-6-15(19)14(7-13)16(21)20-10-17(22)8-11-3-1-2-4-12(11)9-17/h1-7,22H,8-10H2,(H,20,21). The number of carbonyl (C=O) groups excluding carboxylic acids is 1. The van der Waals surface area contributed by atoms with Gasteiger partial charge in [0.15, 0.2) is 0 Å². The highest BCUT2D eigenvalue weighted by atomic mass is 79.9. The zero-order chi connectivity index (χ0) is 15.7. The number of nitrogens with one attached hydrogen (secondary N) is 1. The van der Waals surface area contributed by atoms with Crippen molar-refractivity contribution < 1.29 is 9.90 Å². The highest BCUT2D eigenvalue weighted by Crippen LogP contribution is 2.29. The zero-order valence-corrected chi connectivity index (χ0v) is 14.1. The molecule has 0 bridgehead atoms. The lowest BCUT2D eigenvalue weighted by Gasteiger charge is -2.22. The minimum atomic E-state index is -0.933. The Morgan fingerprint density at radius 2 is 1.86 bits per heavy atom. The Balaban J connectivity index is 1.68. The molecule has 0 fully saturated rings. The molecule has 0 aliphatic heterocycles. The van der Waals surface area contributed by atoms with E-state index in [9.17, 15) is 9.90 Å². The summed E-state index contributed by atoms with van der Waals surface area (Å²) in [5.74, 6) is -0.282. The van der Waals surface area contributed by atoms with Gasteiger partial charge in [-0.15, -0.1) is 0 Å². The maximum Gasteiger partial charge on any atom is 0.252 e. The molecule has 1 aliphatic rings. The Bertz CT molecular complexity index is 707. The summed E-state index contributed by atoms with van der Waals surface area (Å²) in [6.07, 6.45) is 1.10. The highest BCUT2D eigenvalue weighted by molar-refractivity contribution is 9.10. The molecule has 2 aromatic carbocycles. The first-order chi connectivity index (χ1) is 10.5. The van der Waals surface area contributed by atoms with E-state index in [1.54, 1.807) is 18.2 Å². The van der Waals surface area contributed by atoms with E-state index in [4.69, 9.17) is 11.6 Å². The van der Waals surface area contributed by atoms with E-state index in [-0.39, 0.29) is 12.5 Å². The van der Waals surface area contributed by atoms with Crippen molar-refractivity contribution in [3.05, 3.63) is 68.7 Å². The smallest absolute Gasteiger partial charge is 0.252 e. The van der Waals surface area contributed by atoms with Gasteiger partial charge in [0.2, 0.25) is 0 Å². The Hall–Kier alpha value is -1.36. The molecule has 0 spiro atoms. The summed E-state index contributed by atoms with van der Waals surface area (Å²) in [6.45, 7) is 0.198. The van der Waals surface area contributed by atoms with Crippen molar-refractivity contribution in [2.45, 2.75) is 18.4 Å². The lowest BCUT2D eigenvalue weighted by atomic mass is 10.0. The van der Waals surface area contributed by atoms with E-state index in [1.165, 1.54) is 0 Å². The van der Waals surface area contributed by atoms with Crippen molar-refractivity contribution in [2.75, 3.05) is 6.54 Å². The molecule has 2 aromatic rings. The van der Waals surface area contributed by atoms with Gasteiger partial charge in [-0.05, 0) is 29.3 Å². The molecule has 0 aromatic heterocycles. The average molecular weight is 381 g/mol. The van der Waals surface area contributed by atoms with Crippen LogP contribution in [0.3, 0.4) is 0 Å². The third kappa shape index (κ3) is 3.19. The Kier molecular flexibility index (Phi) is 4.26. The topological polar surface area (TPSA) is 49.3 Å². The van der Waals surface area contributed by atoms with Crippen LogP contribution in [-0.2, 0) is 12.8 Å². The van der Waals surface area contributed by atoms with E-state index in [0.717, 1.165) is 15.6 Å². The van der Waals surface area contributed by atoms with Gasteiger partial charge in [-0.25, -0.2) is 0 Å². The summed E-state index contributed by atoms with van der Waals surface area (Å²) in [4.78, 5) is 12.3. The van der Waals surface area contributed by atoms with Crippen molar-refractivity contribution in [1.82, 2.24) is 5.32 Å². The maximum atomic E-state index is 12.3. The largest absolute Gasteiger partial charge is 0.387 e. The van der Waals surface area contributed by atoms with Crippen LogP contribution < -0.4 is 5.32 Å². The summed E-state index contributed by atoms with van der Waals surface area (Å²) in [6, 6.07) is 13.1. The van der Waals surface area contributed by atoms with Crippen molar-refractivity contribution in [3.63, 3.8) is 0 Å². The second-order valence-electron chi connectivity index (χ2n) is 5.65. The third-order valence-corrected chi connectivity index (χ3v) is 4.73. The summed E-state index contributed by atoms with van der Waals surface area (Å²) in [5, 5.41) is 13.9. The fraction of sp³-hybridized carbons (Fsp3) is 0.235. The fourth-order valence-electron chi connectivity index (χ4n) is 2.81. The molecule has 3 rings (SSSR count). The van der Waals surface area contributed by atoms with Crippen molar-refractivity contribution in [3.8, 4) is 0 Å². The van der Waals surface area contributed by atoms with Crippen LogP contribution in [0.4, 0.5) is 0 Å². The summed E-state index contributed by atoms with van der Waals surface area (Å²) < 4.78 is 0.786. The van der Waals surface area contributed by atoms with Gasteiger partial charge < -0.3 is 10.4 Å². The summed E-state index contributed by atoms with van der Waals surface area (Å²) in [7, 11) is 0. The molecule has 22 heavy (non-hydrogen) atoms. The van der Waals surface area contributed by atoms with Gasteiger partial charge in [0.1, 0.15) is 0 Å². The van der Waals surface area contributed by atoms with Gasteiger partial charge in [-0.2, -0.15) is 0 Å². The number of benzene rings is 2. The number of amides is 1. The van der Waals surface area contributed by atoms with Gasteiger partial charge in [-0.3, -0.25) is 4.79 Å². The first-order valence-corrected chi connectivity index (χ1v) is 8.16. The van der Waals surface area contributed by atoms with E-state index in [1.807, 2.05) is 24.3 Å². The Morgan fingerprint density at radius 1 is 1.23 bits per heavy atom. The van der Waals surface area contributed by atoms with E-state index in [0.29, 0.717) is 23.4 Å². The summed E-state index contributed by atoms with van der Waals surface area (Å²) >= 11 is 9.37. The van der Waals surface area contributed by atoms with Crippen molar-refractivity contribution >= 4 is 33.4 Å². The maximum absolute atomic E-state index is 12.3. The van der Waals surface area contributed by atoms with Crippen LogP contribution in [0.15, 0.2) is 46.9 Å². The van der Waals surface area contributed by atoms with Crippen LogP contribution in [-0.4, -0.2) is 23.2 Å². The minimum Gasteiger partial charge on any atom is -0.387 e. The Morgan fingerprint density at radius 3 is 2.50 bits per heavy atom. The summed E-state index contributed by atoms with van der Waals surface area (Å²) in [5.41, 5.74) is 1.74. The van der Waals surface area contributed by atoms with Gasteiger partial charge in [0, 0.05) is 23.9 Å². The van der Waals surface area contributed by atoms with Crippen LogP contribution in [0.25, 0.3) is 0 Å². The molecule has 5 heteroatoms. The molecule has 2 N–H and O–H groups in total. The first kappa shape index (κ1) is 15.5. The molecular formula is C17H15BrClNO2. The van der Waals surface area contributed by atoms with E-state index < -0.39 is 5.60 Å². The molecule has 0 heterocycles. The number of halogens is 2. The number of hydrogen-bond donors (Lipinski definition) is 2. The lowest BCUT2D eigenvalue weighted by Crippen LogP contribution is -2.43.